The Hall–Kier alpha value is -1.58. The van der Waals surface area contributed by atoms with Crippen LogP contribution in [0.4, 0.5) is 0 Å². The average molecular weight is 194 g/mol. The minimum atomic E-state index is -0.837. The van der Waals surface area contributed by atoms with Crippen LogP contribution in [0.5, 0.6) is 0 Å². The fraction of sp³-hybridized carbons (Fsp3) is 0.400. The van der Waals surface area contributed by atoms with Gasteiger partial charge in [-0.3, -0.25) is 9.79 Å². The molecule has 0 saturated heterocycles. The molecule has 1 aliphatic rings. The molecule has 4 heteroatoms. The van der Waals surface area contributed by atoms with Crippen LogP contribution in [0.3, 0.4) is 0 Å². The van der Waals surface area contributed by atoms with Gasteiger partial charge in [-0.25, -0.2) is 0 Å². The first-order valence-electron chi connectivity index (χ1n) is 4.43. The average Bonchev–Trinajstić information content (AvgIpc) is 2.20. The second-order valence-electron chi connectivity index (χ2n) is 3.17. The highest BCUT2D eigenvalue weighted by atomic mass is 16.4. The predicted octanol–water partition coefficient (Wildman–Crippen LogP) is 1.12. The quantitative estimate of drug-likeness (QED) is 0.680. The molecule has 1 N–H and O–H groups in total. The first kappa shape index (κ1) is 10.5. The van der Waals surface area contributed by atoms with Crippen LogP contribution in [0.25, 0.3) is 0 Å². The Bertz CT molecular complexity index is 305. The lowest BCUT2D eigenvalue weighted by Crippen LogP contribution is -2.20. The van der Waals surface area contributed by atoms with Crippen molar-refractivity contribution in [1.82, 2.24) is 4.90 Å². The van der Waals surface area contributed by atoms with E-state index in [-0.39, 0.29) is 0 Å². The van der Waals surface area contributed by atoms with Crippen LogP contribution < -0.4 is 0 Å². The van der Waals surface area contributed by atoms with E-state index in [4.69, 9.17) is 5.11 Å². The van der Waals surface area contributed by atoms with E-state index in [1.807, 2.05) is 25.1 Å². The zero-order valence-electron chi connectivity index (χ0n) is 8.34. The molecule has 0 bridgehead atoms. The van der Waals surface area contributed by atoms with Crippen molar-refractivity contribution >= 4 is 11.8 Å². The summed E-state index contributed by atoms with van der Waals surface area (Å²) >= 11 is 0. The number of carboxylic acids is 1. The summed E-state index contributed by atoms with van der Waals surface area (Å²) in [6.07, 6.45) is 7.04. The number of aliphatic carboxylic acids is 1. The number of aliphatic imine (C=N–C) groups is 1. The molecular weight excluding hydrogens is 180 g/mol. The molecule has 0 radical (unpaired) electrons. The highest BCUT2D eigenvalue weighted by molar-refractivity contribution is 5.81. The molecule has 1 rings (SSSR count). The molecule has 0 saturated carbocycles. The van der Waals surface area contributed by atoms with Gasteiger partial charge in [-0.2, -0.15) is 0 Å². The number of carboxylic acid groups (broad SMARTS) is 1. The zero-order chi connectivity index (χ0) is 10.6. The van der Waals surface area contributed by atoms with Crippen LogP contribution in [0.15, 0.2) is 29.4 Å². The largest absolute Gasteiger partial charge is 0.481 e. The predicted molar refractivity (Wildman–Crippen MR) is 55.1 cm³/mol. The molecule has 0 spiro atoms. The summed E-state index contributed by atoms with van der Waals surface area (Å²) in [6, 6.07) is 0. The Kier molecular flexibility index (Phi) is 3.45. The standard InChI is InChI=1S/C10H14N2O2/c1-8-11-7-9(10(13)14)5-3-4-6-12(8)2/h3-6,9H,7H2,1-2H3,(H,13,14)/b5-3+,6-4-,11-8?. The Morgan fingerprint density at radius 2 is 2.36 bits per heavy atom. The van der Waals surface area contributed by atoms with Gasteiger partial charge in [-0.1, -0.05) is 12.2 Å². The van der Waals surface area contributed by atoms with Gasteiger partial charge >= 0.3 is 5.97 Å². The number of amidine groups is 1. The minimum Gasteiger partial charge on any atom is -0.481 e. The third-order valence-corrected chi connectivity index (χ3v) is 2.11. The molecule has 0 aromatic carbocycles. The number of allylic oxidation sites excluding steroid dienone is 2. The van der Waals surface area contributed by atoms with Crippen molar-refractivity contribution in [1.29, 1.82) is 0 Å². The van der Waals surface area contributed by atoms with Crippen molar-refractivity contribution in [3.8, 4) is 0 Å². The maximum Gasteiger partial charge on any atom is 0.312 e. The highest BCUT2D eigenvalue weighted by Crippen LogP contribution is 2.04. The number of hydrogen-bond acceptors (Lipinski definition) is 3. The first-order chi connectivity index (χ1) is 6.61. The van der Waals surface area contributed by atoms with E-state index in [0.29, 0.717) is 6.54 Å². The second kappa shape index (κ2) is 4.60. The van der Waals surface area contributed by atoms with Crippen molar-refractivity contribution in [2.45, 2.75) is 6.92 Å². The number of hydrogen-bond donors (Lipinski definition) is 1. The molecule has 14 heavy (non-hydrogen) atoms. The van der Waals surface area contributed by atoms with Crippen molar-refractivity contribution in [2.75, 3.05) is 13.6 Å². The summed E-state index contributed by atoms with van der Waals surface area (Å²) < 4.78 is 0. The van der Waals surface area contributed by atoms with Crippen molar-refractivity contribution in [3.63, 3.8) is 0 Å². The van der Waals surface area contributed by atoms with Crippen LogP contribution >= 0.6 is 0 Å². The van der Waals surface area contributed by atoms with E-state index < -0.39 is 11.9 Å². The van der Waals surface area contributed by atoms with E-state index in [0.717, 1.165) is 5.84 Å². The third-order valence-electron chi connectivity index (χ3n) is 2.11. The lowest BCUT2D eigenvalue weighted by molar-refractivity contribution is -0.139. The zero-order valence-corrected chi connectivity index (χ0v) is 8.34. The SMILES string of the molecule is CC1=NCC(C(=O)O)/C=C/C=C\N1C. The fourth-order valence-corrected chi connectivity index (χ4v) is 1.05. The molecule has 1 unspecified atom stereocenters. The van der Waals surface area contributed by atoms with Crippen molar-refractivity contribution < 1.29 is 9.90 Å². The van der Waals surface area contributed by atoms with Crippen LogP contribution in [-0.4, -0.2) is 35.4 Å². The summed E-state index contributed by atoms with van der Waals surface area (Å²) in [4.78, 5) is 16.8. The van der Waals surface area contributed by atoms with Gasteiger partial charge in [-0.05, 0) is 13.0 Å². The summed E-state index contributed by atoms with van der Waals surface area (Å²) in [5.74, 6) is -0.548. The summed E-state index contributed by atoms with van der Waals surface area (Å²) in [5, 5.41) is 8.84. The Morgan fingerprint density at radius 3 is 3.00 bits per heavy atom. The molecular formula is C10H14N2O2. The van der Waals surface area contributed by atoms with Crippen molar-refractivity contribution in [3.05, 3.63) is 24.4 Å². The van der Waals surface area contributed by atoms with Gasteiger partial charge in [0.1, 0.15) is 0 Å². The third kappa shape index (κ3) is 2.73. The van der Waals surface area contributed by atoms with Gasteiger partial charge in [0.2, 0.25) is 0 Å². The molecule has 1 heterocycles. The van der Waals surface area contributed by atoms with E-state index in [1.54, 1.807) is 18.2 Å². The Morgan fingerprint density at radius 1 is 1.64 bits per heavy atom. The van der Waals surface area contributed by atoms with Crippen LogP contribution in [0, 0.1) is 5.92 Å². The Balaban J connectivity index is 2.85. The highest BCUT2D eigenvalue weighted by Gasteiger charge is 2.13. The smallest absolute Gasteiger partial charge is 0.312 e. The van der Waals surface area contributed by atoms with E-state index in [9.17, 15) is 4.79 Å². The van der Waals surface area contributed by atoms with Gasteiger partial charge in [0.25, 0.3) is 0 Å². The normalized spacial score (nSPS) is 26.9. The molecule has 0 aliphatic carbocycles. The molecule has 76 valence electrons. The van der Waals surface area contributed by atoms with Crippen LogP contribution in [0.2, 0.25) is 0 Å². The van der Waals surface area contributed by atoms with Crippen LogP contribution in [-0.2, 0) is 4.79 Å². The number of rotatable bonds is 1. The van der Waals surface area contributed by atoms with E-state index in [1.165, 1.54) is 0 Å². The lowest BCUT2D eigenvalue weighted by Gasteiger charge is -2.12. The van der Waals surface area contributed by atoms with Gasteiger partial charge in [-0.15, -0.1) is 0 Å². The van der Waals surface area contributed by atoms with E-state index >= 15 is 0 Å². The van der Waals surface area contributed by atoms with Gasteiger partial charge in [0, 0.05) is 13.2 Å². The molecule has 1 aliphatic heterocycles. The second-order valence-corrected chi connectivity index (χ2v) is 3.17. The summed E-state index contributed by atoms with van der Waals surface area (Å²) in [7, 11) is 1.88. The van der Waals surface area contributed by atoms with Gasteiger partial charge in [0.05, 0.1) is 18.3 Å². The lowest BCUT2D eigenvalue weighted by atomic mass is 10.1. The van der Waals surface area contributed by atoms with Gasteiger partial charge < -0.3 is 10.0 Å². The number of nitrogens with zero attached hydrogens (tertiary/aromatic N) is 2. The van der Waals surface area contributed by atoms with Crippen molar-refractivity contribution in [2.24, 2.45) is 10.9 Å². The maximum atomic E-state index is 10.8. The molecule has 0 aromatic heterocycles. The Labute approximate surface area is 83.2 Å². The molecule has 1 atom stereocenters. The summed E-state index contributed by atoms with van der Waals surface area (Å²) in [5.41, 5.74) is 0. The molecule has 0 fully saturated rings. The molecule has 4 nitrogen and oxygen atoms in total. The first-order valence-corrected chi connectivity index (χ1v) is 4.43. The maximum absolute atomic E-state index is 10.8. The minimum absolute atomic E-state index is 0.295. The van der Waals surface area contributed by atoms with E-state index in [2.05, 4.69) is 4.99 Å². The fourth-order valence-electron chi connectivity index (χ4n) is 1.05. The number of carbonyl (C=O) groups is 1. The monoisotopic (exact) mass is 194 g/mol. The summed E-state index contributed by atoms with van der Waals surface area (Å²) in [6.45, 7) is 2.15. The van der Waals surface area contributed by atoms with Gasteiger partial charge in [0.15, 0.2) is 0 Å². The topological polar surface area (TPSA) is 52.9 Å². The van der Waals surface area contributed by atoms with Crippen LogP contribution in [0.1, 0.15) is 6.92 Å². The molecule has 0 amide bonds. The molecule has 0 aromatic rings.